The minimum absolute atomic E-state index is 0.153. The standard InChI is InChI=1S/C15H25NO3/c1-15(8-3-2-4-9-15)14(19)16-10-7-12(11-16)5-6-13(17)18/h12H,2-11H2,1H3,(H,17,18). The Morgan fingerprint density at radius 3 is 2.58 bits per heavy atom. The number of hydrogen-bond donors (Lipinski definition) is 1. The number of carbonyl (C=O) groups excluding carboxylic acids is 1. The lowest BCUT2D eigenvalue weighted by atomic mass is 9.74. The number of rotatable bonds is 4. The highest BCUT2D eigenvalue weighted by Crippen LogP contribution is 2.38. The minimum atomic E-state index is -0.732. The Labute approximate surface area is 115 Å². The van der Waals surface area contributed by atoms with Gasteiger partial charge in [0.2, 0.25) is 5.91 Å². The summed E-state index contributed by atoms with van der Waals surface area (Å²) < 4.78 is 0. The summed E-state index contributed by atoms with van der Waals surface area (Å²) in [5.74, 6) is -0.0405. The topological polar surface area (TPSA) is 57.6 Å². The van der Waals surface area contributed by atoms with Gasteiger partial charge in [-0.15, -0.1) is 0 Å². The van der Waals surface area contributed by atoms with Crippen molar-refractivity contribution >= 4 is 11.9 Å². The number of carbonyl (C=O) groups is 2. The second kappa shape index (κ2) is 5.93. The molecule has 1 aliphatic carbocycles. The van der Waals surface area contributed by atoms with Crippen LogP contribution in [0.1, 0.15) is 58.3 Å². The molecule has 2 aliphatic rings. The molecular formula is C15H25NO3. The summed E-state index contributed by atoms with van der Waals surface area (Å²) >= 11 is 0. The van der Waals surface area contributed by atoms with Crippen LogP contribution in [-0.4, -0.2) is 35.0 Å². The third-order valence-electron chi connectivity index (χ3n) is 4.81. The second-order valence-electron chi connectivity index (χ2n) is 6.46. The van der Waals surface area contributed by atoms with Crippen LogP contribution >= 0.6 is 0 Å². The summed E-state index contributed by atoms with van der Waals surface area (Å²) in [6, 6.07) is 0. The zero-order chi connectivity index (χ0) is 13.9. The van der Waals surface area contributed by atoms with Crippen molar-refractivity contribution in [2.45, 2.75) is 58.3 Å². The zero-order valence-electron chi connectivity index (χ0n) is 11.9. The summed E-state index contributed by atoms with van der Waals surface area (Å²) in [4.78, 5) is 25.2. The maximum atomic E-state index is 12.6. The molecule has 0 bridgehead atoms. The first-order valence-electron chi connectivity index (χ1n) is 7.52. The van der Waals surface area contributed by atoms with E-state index in [1.54, 1.807) is 0 Å². The molecule has 0 aromatic heterocycles. The maximum Gasteiger partial charge on any atom is 0.303 e. The summed E-state index contributed by atoms with van der Waals surface area (Å²) in [6.45, 7) is 3.69. The van der Waals surface area contributed by atoms with Crippen molar-refractivity contribution in [3.63, 3.8) is 0 Å². The van der Waals surface area contributed by atoms with Crippen molar-refractivity contribution < 1.29 is 14.7 Å². The van der Waals surface area contributed by atoms with E-state index < -0.39 is 5.97 Å². The van der Waals surface area contributed by atoms with Gasteiger partial charge in [0, 0.05) is 24.9 Å². The Hall–Kier alpha value is -1.06. The molecule has 4 nitrogen and oxygen atoms in total. The Morgan fingerprint density at radius 1 is 1.26 bits per heavy atom. The van der Waals surface area contributed by atoms with Crippen LogP contribution in [-0.2, 0) is 9.59 Å². The third-order valence-corrected chi connectivity index (χ3v) is 4.81. The van der Waals surface area contributed by atoms with Crippen LogP contribution < -0.4 is 0 Å². The van der Waals surface area contributed by atoms with Crippen LogP contribution in [0.5, 0.6) is 0 Å². The lowest BCUT2D eigenvalue weighted by molar-refractivity contribution is -0.142. The highest BCUT2D eigenvalue weighted by Gasteiger charge is 2.39. The van der Waals surface area contributed by atoms with E-state index in [0.717, 1.165) is 32.4 Å². The molecule has 1 saturated carbocycles. The van der Waals surface area contributed by atoms with Gasteiger partial charge in [-0.2, -0.15) is 0 Å². The predicted octanol–water partition coefficient (Wildman–Crippen LogP) is 2.67. The normalized spacial score (nSPS) is 26.4. The van der Waals surface area contributed by atoms with Gasteiger partial charge < -0.3 is 10.0 Å². The molecule has 1 atom stereocenters. The second-order valence-corrected chi connectivity index (χ2v) is 6.46. The fourth-order valence-corrected chi connectivity index (χ4v) is 3.51. The highest BCUT2D eigenvalue weighted by molar-refractivity contribution is 5.82. The van der Waals surface area contributed by atoms with Crippen LogP contribution in [0.4, 0.5) is 0 Å². The van der Waals surface area contributed by atoms with Crippen molar-refractivity contribution in [3.05, 3.63) is 0 Å². The van der Waals surface area contributed by atoms with E-state index in [1.165, 1.54) is 19.3 Å². The quantitative estimate of drug-likeness (QED) is 0.852. The molecule has 1 saturated heterocycles. The van der Waals surface area contributed by atoms with E-state index in [9.17, 15) is 9.59 Å². The van der Waals surface area contributed by atoms with Gasteiger partial charge in [0.05, 0.1) is 0 Å². The third kappa shape index (κ3) is 3.48. The van der Waals surface area contributed by atoms with E-state index in [2.05, 4.69) is 6.92 Å². The number of likely N-dealkylation sites (tertiary alicyclic amines) is 1. The summed E-state index contributed by atoms with van der Waals surface area (Å²) in [5, 5.41) is 8.71. The van der Waals surface area contributed by atoms with E-state index >= 15 is 0 Å². The van der Waals surface area contributed by atoms with Gasteiger partial charge in [0.25, 0.3) is 0 Å². The van der Waals surface area contributed by atoms with Crippen LogP contribution in [0.15, 0.2) is 0 Å². The zero-order valence-corrected chi connectivity index (χ0v) is 11.9. The molecule has 2 fully saturated rings. The molecule has 0 radical (unpaired) electrons. The lowest BCUT2D eigenvalue weighted by Crippen LogP contribution is -2.42. The van der Waals surface area contributed by atoms with E-state index in [1.807, 2.05) is 4.90 Å². The highest BCUT2D eigenvalue weighted by atomic mass is 16.4. The van der Waals surface area contributed by atoms with Crippen molar-refractivity contribution in [1.82, 2.24) is 4.90 Å². The number of hydrogen-bond acceptors (Lipinski definition) is 2. The first-order valence-corrected chi connectivity index (χ1v) is 7.52. The summed E-state index contributed by atoms with van der Waals surface area (Å²) in [5.41, 5.74) is -0.153. The van der Waals surface area contributed by atoms with Crippen LogP contribution in [0, 0.1) is 11.3 Å². The SMILES string of the molecule is CC1(C(=O)N2CCC(CCC(=O)O)C2)CCCCC1. The number of aliphatic carboxylic acids is 1. The average Bonchev–Trinajstić information content (AvgIpc) is 2.85. The number of carboxylic acids is 1. The Kier molecular flexibility index (Phi) is 4.48. The molecule has 1 N–H and O–H groups in total. The molecule has 1 aliphatic heterocycles. The predicted molar refractivity (Wildman–Crippen MR) is 72.7 cm³/mol. The van der Waals surface area contributed by atoms with Gasteiger partial charge in [0.15, 0.2) is 0 Å². The van der Waals surface area contributed by atoms with Gasteiger partial charge in [-0.25, -0.2) is 0 Å². The number of amides is 1. The monoisotopic (exact) mass is 267 g/mol. The Morgan fingerprint density at radius 2 is 1.95 bits per heavy atom. The molecule has 4 heteroatoms. The number of nitrogens with zero attached hydrogens (tertiary/aromatic N) is 1. The largest absolute Gasteiger partial charge is 0.481 e. The van der Waals surface area contributed by atoms with E-state index in [0.29, 0.717) is 18.2 Å². The fourth-order valence-electron chi connectivity index (χ4n) is 3.51. The summed E-state index contributed by atoms with van der Waals surface area (Å²) in [6.07, 6.45) is 7.51. The molecule has 2 rings (SSSR count). The van der Waals surface area contributed by atoms with Crippen molar-refractivity contribution in [2.24, 2.45) is 11.3 Å². The Balaban J connectivity index is 1.85. The first kappa shape index (κ1) is 14.4. The summed E-state index contributed by atoms with van der Waals surface area (Å²) in [7, 11) is 0. The smallest absolute Gasteiger partial charge is 0.303 e. The molecule has 19 heavy (non-hydrogen) atoms. The van der Waals surface area contributed by atoms with Crippen LogP contribution in [0.25, 0.3) is 0 Å². The minimum Gasteiger partial charge on any atom is -0.481 e. The Bertz CT molecular complexity index is 347. The molecule has 1 amide bonds. The van der Waals surface area contributed by atoms with Crippen molar-refractivity contribution in [2.75, 3.05) is 13.1 Å². The molecule has 1 heterocycles. The van der Waals surface area contributed by atoms with Crippen LogP contribution in [0.3, 0.4) is 0 Å². The van der Waals surface area contributed by atoms with Crippen molar-refractivity contribution in [1.29, 1.82) is 0 Å². The molecular weight excluding hydrogens is 242 g/mol. The van der Waals surface area contributed by atoms with E-state index in [-0.39, 0.29) is 11.8 Å². The number of carboxylic acid groups (broad SMARTS) is 1. The first-order chi connectivity index (χ1) is 9.01. The van der Waals surface area contributed by atoms with Gasteiger partial charge in [-0.05, 0) is 31.6 Å². The van der Waals surface area contributed by atoms with Gasteiger partial charge >= 0.3 is 5.97 Å². The molecule has 0 aromatic rings. The van der Waals surface area contributed by atoms with Gasteiger partial charge in [-0.3, -0.25) is 9.59 Å². The molecule has 108 valence electrons. The maximum absolute atomic E-state index is 12.6. The van der Waals surface area contributed by atoms with E-state index in [4.69, 9.17) is 5.11 Å². The van der Waals surface area contributed by atoms with Gasteiger partial charge in [0.1, 0.15) is 0 Å². The van der Waals surface area contributed by atoms with Gasteiger partial charge in [-0.1, -0.05) is 26.2 Å². The fraction of sp³-hybridized carbons (Fsp3) is 0.867. The molecule has 0 spiro atoms. The average molecular weight is 267 g/mol. The van der Waals surface area contributed by atoms with Crippen molar-refractivity contribution in [3.8, 4) is 0 Å². The lowest BCUT2D eigenvalue weighted by Gasteiger charge is -2.35. The van der Waals surface area contributed by atoms with Crippen LogP contribution in [0.2, 0.25) is 0 Å². The molecule has 1 unspecified atom stereocenters. The molecule has 0 aromatic carbocycles.